The Balaban J connectivity index is 2.16. The van der Waals surface area contributed by atoms with Crippen LogP contribution in [0.2, 0.25) is 0 Å². The molecule has 0 aliphatic carbocycles. The van der Waals surface area contributed by atoms with Crippen LogP contribution >= 0.6 is 15.9 Å². The first-order chi connectivity index (χ1) is 8.89. The number of alkyl halides is 2. The smallest absolute Gasteiger partial charge is 0.313 e. The van der Waals surface area contributed by atoms with E-state index in [9.17, 15) is 18.7 Å². The zero-order valence-corrected chi connectivity index (χ0v) is 11.3. The Morgan fingerprint density at radius 3 is 2.63 bits per heavy atom. The van der Waals surface area contributed by atoms with Crippen LogP contribution in [0.15, 0.2) is 34.8 Å². The van der Waals surface area contributed by atoms with Crippen molar-refractivity contribution in [2.75, 3.05) is 0 Å². The van der Waals surface area contributed by atoms with Gasteiger partial charge in [-0.3, -0.25) is 4.79 Å². The number of hydrogen-bond donors (Lipinski definition) is 1. The lowest BCUT2D eigenvalue weighted by Gasteiger charge is -2.32. The molecule has 1 saturated heterocycles. The first-order valence-corrected chi connectivity index (χ1v) is 6.38. The number of esters is 1. The molecule has 1 N–H and O–H groups in total. The van der Waals surface area contributed by atoms with Gasteiger partial charge in [0.25, 0.3) is 0 Å². The molecule has 1 heterocycles. The Bertz CT molecular complexity index is 499. The van der Waals surface area contributed by atoms with Crippen molar-refractivity contribution < 1.29 is 23.4 Å². The maximum absolute atomic E-state index is 13.6. The Kier molecular flexibility index (Phi) is 4.01. The summed E-state index contributed by atoms with van der Waals surface area (Å²) in [4.78, 5) is 11.1. The molecular weight excluding hydrogens is 322 g/mol. The van der Waals surface area contributed by atoms with E-state index in [2.05, 4.69) is 20.7 Å². The molecule has 0 saturated carbocycles. The van der Waals surface area contributed by atoms with Gasteiger partial charge in [0.15, 0.2) is 6.10 Å². The van der Waals surface area contributed by atoms with Crippen molar-refractivity contribution >= 4 is 28.0 Å². The summed E-state index contributed by atoms with van der Waals surface area (Å²) in [5, 5.41) is 9.22. The van der Waals surface area contributed by atoms with Crippen molar-refractivity contribution in [2.45, 2.75) is 24.6 Å². The van der Waals surface area contributed by atoms with Crippen LogP contribution < -0.4 is 0 Å². The van der Waals surface area contributed by atoms with Crippen molar-refractivity contribution in [3.05, 3.63) is 40.4 Å². The number of halogens is 3. The molecule has 0 aromatic heterocycles. The van der Waals surface area contributed by atoms with E-state index in [1.54, 1.807) is 24.3 Å². The number of rotatable bonds is 2. The maximum Gasteiger partial charge on any atom is 0.313 e. The molecule has 1 aliphatic heterocycles. The number of carbonyl (C=O) groups excluding carboxylic acids is 1. The second kappa shape index (κ2) is 5.38. The first-order valence-electron chi connectivity index (χ1n) is 5.58. The average molecular weight is 333 g/mol. The fourth-order valence-electron chi connectivity index (χ4n) is 1.69. The van der Waals surface area contributed by atoms with Gasteiger partial charge >= 0.3 is 11.9 Å². The van der Waals surface area contributed by atoms with E-state index in [0.717, 1.165) is 10.5 Å². The highest BCUT2D eigenvalue weighted by atomic mass is 79.9. The first kappa shape index (κ1) is 14.1. The number of cyclic esters (lactones) is 1. The number of hydrogen-bond acceptors (Lipinski definition) is 3. The molecule has 0 spiro atoms. The highest BCUT2D eigenvalue weighted by Crippen LogP contribution is 2.33. The molecule has 6 heteroatoms. The molecule has 19 heavy (non-hydrogen) atoms. The second-order valence-electron chi connectivity index (χ2n) is 4.22. The molecule has 2 atom stereocenters. The summed E-state index contributed by atoms with van der Waals surface area (Å²) < 4.78 is 32.7. The lowest BCUT2D eigenvalue weighted by Crippen LogP contribution is -2.51. The standard InChI is InChI=1S/C13H11BrF2O3/c14-9-4-1-8(2-5-9)3-6-11-13(15,16)10(17)7-12(18)19-11/h1-6,10-11,17H,7H2/b6-3+. The average Bonchev–Trinajstić information content (AvgIpc) is 2.34. The fourth-order valence-corrected chi connectivity index (χ4v) is 1.96. The van der Waals surface area contributed by atoms with E-state index < -0.39 is 30.5 Å². The van der Waals surface area contributed by atoms with Crippen LogP contribution in [0.3, 0.4) is 0 Å². The van der Waals surface area contributed by atoms with Crippen LogP contribution in [-0.2, 0) is 9.53 Å². The fraction of sp³-hybridized carbons (Fsp3) is 0.308. The molecular formula is C13H11BrF2O3. The van der Waals surface area contributed by atoms with Crippen LogP contribution in [0.5, 0.6) is 0 Å². The number of aliphatic hydroxyl groups is 1. The third kappa shape index (κ3) is 3.19. The van der Waals surface area contributed by atoms with E-state index in [4.69, 9.17) is 0 Å². The van der Waals surface area contributed by atoms with E-state index in [1.807, 2.05) is 0 Å². The van der Waals surface area contributed by atoms with E-state index >= 15 is 0 Å². The van der Waals surface area contributed by atoms with Crippen molar-refractivity contribution in [1.82, 2.24) is 0 Å². The van der Waals surface area contributed by atoms with Gasteiger partial charge in [-0.05, 0) is 23.8 Å². The zero-order valence-electron chi connectivity index (χ0n) is 9.72. The Labute approximate surface area is 117 Å². The lowest BCUT2D eigenvalue weighted by atomic mass is 9.99. The Hall–Kier alpha value is -1.27. The molecule has 1 aromatic carbocycles. The van der Waals surface area contributed by atoms with E-state index in [1.165, 1.54) is 6.08 Å². The summed E-state index contributed by atoms with van der Waals surface area (Å²) in [5.41, 5.74) is 0.690. The molecule has 1 fully saturated rings. The van der Waals surface area contributed by atoms with Gasteiger partial charge in [0.2, 0.25) is 0 Å². The van der Waals surface area contributed by atoms with Gasteiger partial charge in [-0.25, -0.2) is 0 Å². The molecule has 0 amide bonds. The predicted molar refractivity (Wildman–Crippen MR) is 68.6 cm³/mol. The maximum atomic E-state index is 13.6. The summed E-state index contributed by atoms with van der Waals surface area (Å²) in [5.74, 6) is -4.30. The zero-order chi connectivity index (χ0) is 14.0. The number of carbonyl (C=O) groups is 1. The molecule has 1 aliphatic rings. The van der Waals surface area contributed by atoms with Crippen LogP contribution in [0.25, 0.3) is 6.08 Å². The van der Waals surface area contributed by atoms with Gasteiger partial charge in [-0.1, -0.05) is 34.1 Å². The number of aliphatic hydroxyl groups excluding tert-OH is 1. The summed E-state index contributed by atoms with van der Waals surface area (Å²) in [7, 11) is 0. The van der Waals surface area contributed by atoms with Crippen LogP contribution in [0.1, 0.15) is 12.0 Å². The minimum Gasteiger partial charge on any atom is -0.451 e. The normalized spacial score (nSPS) is 26.4. The molecule has 0 bridgehead atoms. The highest BCUT2D eigenvalue weighted by molar-refractivity contribution is 9.10. The van der Waals surface area contributed by atoms with Crippen LogP contribution in [0, 0.1) is 0 Å². The van der Waals surface area contributed by atoms with Gasteiger partial charge in [0, 0.05) is 4.47 Å². The minimum absolute atomic E-state index is 0.685. The van der Waals surface area contributed by atoms with Gasteiger partial charge in [0.05, 0.1) is 6.42 Å². The van der Waals surface area contributed by atoms with E-state index in [-0.39, 0.29) is 0 Å². The SMILES string of the molecule is O=C1CC(O)C(F)(F)C(/C=C/c2ccc(Br)cc2)O1. The lowest BCUT2D eigenvalue weighted by molar-refractivity contribution is -0.215. The predicted octanol–water partition coefficient (Wildman–Crippen LogP) is 2.77. The van der Waals surface area contributed by atoms with Crippen LogP contribution in [0.4, 0.5) is 8.78 Å². The molecule has 102 valence electrons. The summed E-state index contributed by atoms with van der Waals surface area (Å²) >= 11 is 3.26. The van der Waals surface area contributed by atoms with Crippen molar-refractivity contribution in [2.24, 2.45) is 0 Å². The van der Waals surface area contributed by atoms with Gasteiger partial charge in [0.1, 0.15) is 6.10 Å². The van der Waals surface area contributed by atoms with Crippen molar-refractivity contribution in [3.8, 4) is 0 Å². The molecule has 0 radical (unpaired) electrons. The third-order valence-electron chi connectivity index (χ3n) is 2.78. The highest BCUT2D eigenvalue weighted by Gasteiger charge is 2.52. The minimum atomic E-state index is -3.47. The quantitative estimate of drug-likeness (QED) is 0.847. The monoisotopic (exact) mass is 332 g/mol. The largest absolute Gasteiger partial charge is 0.451 e. The Morgan fingerprint density at radius 2 is 2.00 bits per heavy atom. The summed E-state index contributed by atoms with van der Waals surface area (Å²) in [6.45, 7) is 0. The topological polar surface area (TPSA) is 46.5 Å². The van der Waals surface area contributed by atoms with Gasteiger partial charge < -0.3 is 9.84 Å². The molecule has 1 aromatic rings. The number of benzene rings is 1. The van der Waals surface area contributed by atoms with Gasteiger partial charge in [-0.15, -0.1) is 0 Å². The molecule has 2 unspecified atom stereocenters. The van der Waals surface area contributed by atoms with Crippen LogP contribution in [-0.4, -0.2) is 29.2 Å². The number of ether oxygens (including phenoxy) is 1. The summed E-state index contributed by atoms with van der Waals surface area (Å²) in [6, 6.07) is 6.97. The molecule has 2 rings (SSSR count). The second-order valence-corrected chi connectivity index (χ2v) is 5.13. The van der Waals surface area contributed by atoms with Gasteiger partial charge in [-0.2, -0.15) is 8.78 Å². The summed E-state index contributed by atoms with van der Waals surface area (Å²) in [6.07, 6.45) is -1.92. The Morgan fingerprint density at radius 1 is 1.37 bits per heavy atom. The third-order valence-corrected chi connectivity index (χ3v) is 3.30. The molecule has 3 nitrogen and oxygen atoms in total. The van der Waals surface area contributed by atoms with E-state index in [0.29, 0.717) is 5.56 Å². The van der Waals surface area contributed by atoms with Crippen molar-refractivity contribution in [1.29, 1.82) is 0 Å². The van der Waals surface area contributed by atoms with Crippen molar-refractivity contribution in [3.63, 3.8) is 0 Å².